The Morgan fingerprint density at radius 1 is 1.10 bits per heavy atom. The van der Waals surface area contributed by atoms with Crippen molar-refractivity contribution in [2.75, 3.05) is 23.9 Å². The van der Waals surface area contributed by atoms with Crippen LogP contribution in [0.2, 0.25) is 0 Å². The Balaban J connectivity index is 2.21. The molecule has 2 aromatic rings. The lowest BCUT2D eigenvalue weighted by Gasteiger charge is -2.14. The number of rotatable bonds is 11. The van der Waals surface area contributed by atoms with Gasteiger partial charge in [0.1, 0.15) is 17.3 Å². The lowest BCUT2D eigenvalue weighted by molar-refractivity contribution is -0.113. The fraction of sp³-hybridized carbons (Fsp3) is 0.381. The van der Waals surface area contributed by atoms with Crippen molar-refractivity contribution in [3.05, 3.63) is 42.5 Å². The van der Waals surface area contributed by atoms with Crippen LogP contribution in [-0.2, 0) is 14.6 Å². The molecule has 0 aromatic heterocycles. The number of anilines is 1. The highest BCUT2D eigenvalue weighted by molar-refractivity contribution is 7.92. The Bertz CT molecular complexity index is 946. The molecule has 1 amide bonds. The van der Waals surface area contributed by atoms with Crippen LogP contribution in [0.25, 0.3) is 11.1 Å². The normalized spacial score (nSPS) is 11.4. The second-order valence-corrected chi connectivity index (χ2v) is 8.85. The van der Waals surface area contributed by atoms with Gasteiger partial charge in [0.2, 0.25) is 5.91 Å². The number of halogens is 2. The van der Waals surface area contributed by atoms with E-state index in [0.29, 0.717) is 23.3 Å². The van der Waals surface area contributed by atoms with Gasteiger partial charge in [-0.25, -0.2) is 8.42 Å². The van der Waals surface area contributed by atoms with Crippen LogP contribution in [0.1, 0.15) is 26.2 Å². The molecule has 30 heavy (non-hydrogen) atoms. The SMILES string of the molecule is CCCCCS(=O)(=O)CC(=O)Nc1ccc(OC(F)F)c(-c2ccc(OC)cc2)c1. The first kappa shape index (κ1) is 23.6. The maximum atomic E-state index is 12.8. The lowest BCUT2D eigenvalue weighted by Crippen LogP contribution is -2.24. The van der Waals surface area contributed by atoms with Crippen LogP contribution in [0.15, 0.2) is 42.5 Å². The van der Waals surface area contributed by atoms with E-state index in [0.717, 1.165) is 12.8 Å². The standard InChI is InChI=1S/C21H25F2NO5S/c1-3-4-5-12-30(26,27)14-20(25)24-16-8-11-19(29-21(22)23)18(13-16)15-6-9-17(28-2)10-7-15/h6-11,13,21H,3-5,12,14H2,1-2H3,(H,24,25). The topological polar surface area (TPSA) is 81.7 Å². The number of alkyl halides is 2. The molecule has 0 saturated carbocycles. The van der Waals surface area contributed by atoms with Crippen molar-refractivity contribution in [2.24, 2.45) is 0 Å². The van der Waals surface area contributed by atoms with E-state index in [-0.39, 0.29) is 17.2 Å². The summed E-state index contributed by atoms with van der Waals surface area (Å²) in [6, 6.07) is 10.8. The first-order chi connectivity index (χ1) is 14.2. The molecule has 0 unspecified atom stereocenters. The third-order valence-electron chi connectivity index (χ3n) is 4.29. The number of benzene rings is 2. The molecular formula is C21H25F2NO5S. The largest absolute Gasteiger partial charge is 0.497 e. The maximum Gasteiger partial charge on any atom is 0.387 e. The zero-order valence-corrected chi connectivity index (χ0v) is 17.7. The zero-order chi connectivity index (χ0) is 22.1. The Morgan fingerprint density at radius 3 is 2.40 bits per heavy atom. The number of unbranched alkanes of at least 4 members (excludes halogenated alkanes) is 2. The smallest absolute Gasteiger partial charge is 0.387 e. The summed E-state index contributed by atoms with van der Waals surface area (Å²) >= 11 is 0. The molecule has 2 aromatic carbocycles. The predicted octanol–water partition coefficient (Wildman–Crippen LogP) is 4.51. The van der Waals surface area contributed by atoms with Gasteiger partial charge < -0.3 is 14.8 Å². The van der Waals surface area contributed by atoms with E-state index in [4.69, 9.17) is 4.74 Å². The van der Waals surface area contributed by atoms with Crippen molar-refractivity contribution in [2.45, 2.75) is 32.8 Å². The first-order valence-electron chi connectivity index (χ1n) is 9.47. The molecule has 0 atom stereocenters. The number of carbonyl (C=O) groups excluding carboxylic acids is 1. The van der Waals surface area contributed by atoms with Gasteiger partial charge in [0.05, 0.1) is 12.9 Å². The van der Waals surface area contributed by atoms with Crippen molar-refractivity contribution >= 4 is 21.4 Å². The molecule has 2 rings (SSSR count). The van der Waals surface area contributed by atoms with Crippen LogP contribution in [0.3, 0.4) is 0 Å². The molecule has 0 fully saturated rings. The van der Waals surface area contributed by atoms with Gasteiger partial charge in [0.15, 0.2) is 9.84 Å². The molecule has 0 spiro atoms. The molecule has 0 bridgehead atoms. The van der Waals surface area contributed by atoms with Crippen molar-refractivity contribution in [3.8, 4) is 22.6 Å². The maximum absolute atomic E-state index is 12.8. The summed E-state index contributed by atoms with van der Waals surface area (Å²) in [5, 5.41) is 2.52. The third-order valence-corrected chi connectivity index (χ3v) is 5.90. The summed E-state index contributed by atoms with van der Waals surface area (Å²) in [6.07, 6.45) is 2.16. The van der Waals surface area contributed by atoms with Crippen LogP contribution in [0, 0.1) is 0 Å². The molecule has 0 radical (unpaired) electrons. The van der Waals surface area contributed by atoms with Crippen molar-refractivity contribution < 1.29 is 31.5 Å². The molecule has 0 aliphatic rings. The Hall–Kier alpha value is -2.68. The van der Waals surface area contributed by atoms with E-state index in [2.05, 4.69) is 10.1 Å². The number of sulfone groups is 1. The van der Waals surface area contributed by atoms with Crippen LogP contribution >= 0.6 is 0 Å². The number of hydrogen-bond acceptors (Lipinski definition) is 5. The number of nitrogens with one attached hydrogen (secondary N) is 1. The van der Waals surface area contributed by atoms with Gasteiger partial charge in [-0.15, -0.1) is 0 Å². The highest BCUT2D eigenvalue weighted by Crippen LogP contribution is 2.34. The molecule has 9 heteroatoms. The molecule has 0 saturated heterocycles. The minimum absolute atomic E-state index is 0.0491. The summed E-state index contributed by atoms with van der Waals surface area (Å²) in [5.41, 5.74) is 1.16. The summed E-state index contributed by atoms with van der Waals surface area (Å²) in [7, 11) is -2.01. The second kappa shape index (κ2) is 10.9. The zero-order valence-electron chi connectivity index (χ0n) is 16.9. The summed E-state index contributed by atoms with van der Waals surface area (Å²) < 4.78 is 59.3. The van der Waals surface area contributed by atoms with Crippen molar-refractivity contribution in [1.29, 1.82) is 0 Å². The molecule has 0 aliphatic heterocycles. The highest BCUT2D eigenvalue weighted by atomic mass is 32.2. The van der Waals surface area contributed by atoms with Gasteiger partial charge in [0.25, 0.3) is 0 Å². The van der Waals surface area contributed by atoms with Crippen LogP contribution < -0.4 is 14.8 Å². The minimum Gasteiger partial charge on any atom is -0.497 e. The molecule has 0 aliphatic carbocycles. The molecule has 1 N–H and O–H groups in total. The molecular weight excluding hydrogens is 416 g/mol. The quantitative estimate of drug-likeness (QED) is 0.519. The fourth-order valence-corrected chi connectivity index (χ4v) is 4.10. The monoisotopic (exact) mass is 441 g/mol. The van der Waals surface area contributed by atoms with Crippen molar-refractivity contribution in [3.63, 3.8) is 0 Å². The molecule has 164 valence electrons. The highest BCUT2D eigenvalue weighted by Gasteiger charge is 2.18. The summed E-state index contributed by atoms with van der Waals surface area (Å²) in [4.78, 5) is 12.2. The fourth-order valence-electron chi connectivity index (χ4n) is 2.84. The van der Waals surface area contributed by atoms with E-state index in [1.165, 1.54) is 25.3 Å². The Labute approximate surface area is 175 Å². The average Bonchev–Trinajstić information content (AvgIpc) is 2.68. The van der Waals surface area contributed by atoms with E-state index >= 15 is 0 Å². The number of carbonyl (C=O) groups is 1. The van der Waals surface area contributed by atoms with Crippen LogP contribution in [0.5, 0.6) is 11.5 Å². The van der Waals surface area contributed by atoms with Gasteiger partial charge in [0, 0.05) is 11.3 Å². The average molecular weight is 441 g/mol. The van der Waals surface area contributed by atoms with E-state index in [1.54, 1.807) is 24.3 Å². The van der Waals surface area contributed by atoms with Crippen LogP contribution in [-0.4, -0.2) is 39.6 Å². The second-order valence-electron chi connectivity index (χ2n) is 6.67. The number of amides is 1. The number of hydrogen-bond donors (Lipinski definition) is 1. The van der Waals surface area contributed by atoms with Crippen LogP contribution in [0.4, 0.5) is 14.5 Å². The number of methoxy groups -OCH3 is 1. The van der Waals surface area contributed by atoms with E-state index in [1.807, 2.05) is 6.92 Å². The Kier molecular flexibility index (Phi) is 8.58. The summed E-state index contributed by atoms with van der Waals surface area (Å²) in [5.74, 6) is -0.848. The molecule has 6 nitrogen and oxygen atoms in total. The van der Waals surface area contributed by atoms with Gasteiger partial charge in [-0.2, -0.15) is 8.78 Å². The number of ether oxygens (including phenoxy) is 2. The Morgan fingerprint density at radius 2 is 1.80 bits per heavy atom. The molecule has 0 heterocycles. The van der Waals surface area contributed by atoms with Gasteiger partial charge in [-0.1, -0.05) is 31.9 Å². The third kappa shape index (κ3) is 7.29. The van der Waals surface area contributed by atoms with Crippen molar-refractivity contribution in [1.82, 2.24) is 0 Å². The van der Waals surface area contributed by atoms with E-state index < -0.39 is 28.1 Å². The predicted molar refractivity (Wildman–Crippen MR) is 112 cm³/mol. The lowest BCUT2D eigenvalue weighted by atomic mass is 10.0. The van der Waals surface area contributed by atoms with Gasteiger partial charge in [-0.3, -0.25) is 4.79 Å². The van der Waals surface area contributed by atoms with Gasteiger partial charge in [-0.05, 0) is 42.3 Å². The first-order valence-corrected chi connectivity index (χ1v) is 11.3. The minimum atomic E-state index is -3.52. The van der Waals surface area contributed by atoms with E-state index in [9.17, 15) is 22.0 Å². The summed E-state index contributed by atoms with van der Waals surface area (Å²) in [6.45, 7) is -1.06. The van der Waals surface area contributed by atoms with Gasteiger partial charge >= 0.3 is 6.61 Å².